The zero-order chi connectivity index (χ0) is 17.5. The molecule has 0 aliphatic rings. The second-order valence-electron chi connectivity index (χ2n) is 5.37. The van der Waals surface area contributed by atoms with Crippen LogP contribution in [0.25, 0.3) is 0 Å². The maximum atomic E-state index is 12.0. The molecular weight excluding hydrogens is 306 g/mol. The lowest BCUT2D eigenvalue weighted by molar-refractivity contribution is -0.121. The lowest BCUT2D eigenvalue weighted by Gasteiger charge is -2.09. The van der Waals surface area contributed by atoms with Gasteiger partial charge in [-0.15, -0.1) is 0 Å². The van der Waals surface area contributed by atoms with Gasteiger partial charge in [-0.2, -0.15) is 0 Å². The molecule has 0 spiro atoms. The maximum absolute atomic E-state index is 12.0. The number of carbonyl (C=O) groups is 3. The summed E-state index contributed by atoms with van der Waals surface area (Å²) in [5.74, 6) is -0.842. The highest BCUT2D eigenvalue weighted by Gasteiger charge is 2.09. The molecule has 0 saturated carbocycles. The molecule has 0 radical (unpaired) electrons. The molecule has 0 aliphatic heterocycles. The largest absolute Gasteiger partial charge is 0.326 e. The SMILES string of the molecule is CC(=O)Nc1ccc(CC(=O)NNC(=O)c2ccccc2C)cc1. The second-order valence-corrected chi connectivity index (χ2v) is 5.37. The normalized spacial score (nSPS) is 9.92. The van der Waals surface area contributed by atoms with Gasteiger partial charge in [0.25, 0.3) is 5.91 Å². The number of hydrazine groups is 1. The Hall–Kier alpha value is -3.15. The van der Waals surface area contributed by atoms with Crippen molar-refractivity contribution in [1.82, 2.24) is 10.9 Å². The zero-order valence-corrected chi connectivity index (χ0v) is 13.6. The highest BCUT2D eigenvalue weighted by Crippen LogP contribution is 2.10. The first-order valence-electron chi connectivity index (χ1n) is 7.47. The summed E-state index contributed by atoms with van der Waals surface area (Å²) in [4.78, 5) is 34.9. The molecule has 0 bridgehead atoms. The van der Waals surface area contributed by atoms with E-state index < -0.39 is 0 Å². The summed E-state index contributed by atoms with van der Waals surface area (Å²) in [5.41, 5.74) is 7.58. The van der Waals surface area contributed by atoms with Crippen molar-refractivity contribution in [3.63, 3.8) is 0 Å². The third-order valence-electron chi connectivity index (χ3n) is 3.34. The van der Waals surface area contributed by atoms with Gasteiger partial charge in [0.1, 0.15) is 0 Å². The fourth-order valence-electron chi connectivity index (χ4n) is 2.16. The Morgan fingerprint density at radius 3 is 2.21 bits per heavy atom. The molecular formula is C18H19N3O3. The maximum Gasteiger partial charge on any atom is 0.269 e. The van der Waals surface area contributed by atoms with Crippen LogP contribution >= 0.6 is 0 Å². The average molecular weight is 325 g/mol. The predicted octanol–water partition coefficient (Wildman–Crippen LogP) is 1.96. The van der Waals surface area contributed by atoms with Gasteiger partial charge < -0.3 is 5.32 Å². The first-order chi connectivity index (χ1) is 11.5. The lowest BCUT2D eigenvalue weighted by Crippen LogP contribution is -2.42. The van der Waals surface area contributed by atoms with Crippen molar-refractivity contribution in [2.45, 2.75) is 20.3 Å². The van der Waals surface area contributed by atoms with Crippen molar-refractivity contribution in [3.05, 3.63) is 65.2 Å². The lowest BCUT2D eigenvalue weighted by atomic mass is 10.1. The van der Waals surface area contributed by atoms with Crippen LogP contribution in [0.3, 0.4) is 0 Å². The Labute approximate surface area is 140 Å². The molecule has 124 valence electrons. The molecule has 6 heteroatoms. The van der Waals surface area contributed by atoms with Crippen LogP contribution < -0.4 is 16.2 Å². The van der Waals surface area contributed by atoms with Crippen molar-refractivity contribution in [1.29, 1.82) is 0 Å². The summed E-state index contributed by atoms with van der Waals surface area (Å²) in [6, 6.07) is 14.1. The van der Waals surface area contributed by atoms with Crippen molar-refractivity contribution in [3.8, 4) is 0 Å². The summed E-state index contributed by atoms with van der Waals surface area (Å²) in [7, 11) is 0. The van der Waals surface area contributed by atoms with Crippen molar-refractivity contribution in [2.24, 2.45) is 0 Å². The van der Waals surface area contributed by atoms with Crippen molar-refractivity contribution >= 4 is 23.4 Å². The molecule has 0 atom stereocenters. The third-order valence-corrected chi connectivity index (χ3v) is 3.34. The van der Waals surface area contributed by atoms with Gasteiger partial charge in [-0.05, 0) is 36.2 Å². The number of rotatable bonds is 4. The Morgan fingerprint density at radius 1 is 0.917 bits per heavy atom. The number of hydrogen-bond donors (Lipinski definition) is 3. The number of aryl methyl sites for hydroxylation is 1. The van der Waals surface area contributed by atoms with Crippen LogP contribution in [0.1, 0.15) is 28.4 Å². The van der Waals surface area contributed by atoms with Crippen LogP contribution in [-0.4, -0.2) is 17.7 Å². The molecule has 24 heavy (non-hydrogen) atoms. The van der Waals surface area contributed by atoms with E-state index >= 15 is 0 Å². The van der Waals surface area contributed by atoms with Gasteiger partial charge in [0, 0.05) is 18.2 Å². The summed E-state index contributed by atoms with van der Waals surface area (Å²) >= 11 is 0. The van der Waals surface area contributed by atoms with E-state index in [9.17, 15) is 14.4 Å². The average Bonchev–Trinajstić information content (AvgIpc) is 2.54. The van der Waals surface area contributed by atoms with E-state index in [4.69, 9.17) is 0 Å². The Balaban J connectivity index is 1.86. The molecule has 0 fully saturated rings. The molecule has 2 aromatic carbocycles. The van der Waals surface area contributed by atoms with Crippen molar-refractivity contribution in [2.75, 3.05) is 5.32 Å². The Morgan fingerprint density at radius 2 is 1.58 bits per heavy atom. The minimum atomic E-state index is -0.359. The number of benzene rings is 2. The quantitative estimate of drug-likeness (QED) is 0.751. The monoisotopic (exact) mass is 325 g/mol. The van der Waals surface area contributed by atoms with E-state index in [-0.39, 0.29) is 24.1 Å². The summed E-state index contributed by atoms with van der Waals surface area (Å²) < 4.78 is 0. The first-order valence-corrected chi connectivity index (χ1v) is 7.47. The zero-order valence-electron chi connectivity index (χ0n) is 13.6. The van der Waals surface area contributed by atoms with Gasteiger partial charge in [0.15, 0.2) is 0 Å². The summed E-state index contributed by atoms with van der Waals surface area (Å²) in [6.45, 7) is 3.26. The van der Waals surface area contributed by atoms with Crippen LogP contribution in [0.15, 0.2) is 48.5 Å². The topological polar surface area (TPSA) is 87.3 Å². The summed E-state index contributed by atoms with van der Waals surface area (Å²) in [5, 5.41) is 2.65. The van der Waals surface area contributed by atoms with Gasteiger partial charge in [-0.3, -0.25) is 25.2 Å². The molecule has 2 aromatic rings. The Kier molecular flexibility index (Phi) is 5.68. The number of amides is 3. The minimum Gasteiger partial charge on any atom is -0.326 e. The molecule has 0 unspecified atom stereocenters. The molecule has 0 aromatic heterocycles. The van der Waals surface area contributed by atoms with E-state index in [0.29, 0.717) is 11.3 Å². The van der Waals surface area contributed by atoms with Crippen molar-refractivity contribution < 1.29 is 14.4 Å². The number of hydrogen-bond acceptors (Lipinski definition) is 3. The molecule has 6 nitrogen and oxygen atoms in total. The van der Waals surface area contributed by atoms with Gasteiger partial charge in [0.05, 0.1) is 6.42 Å². The fraction of sp³-hybridized carbons (Fsp3) is 0.167. The van der Waals surface area contributed by atoms with Crippen LogP contribution in [0, 0.1) is 6.92 Å². The van der Waals surface area contributed by atoms with E-state index in [0.717, 1.165) is 11.1 Å². The molecule has 3 amide bonds. The number of nitrogens with one attached hydrogen (secondary N) is 3. The van der Waals surface area contributed by atoms with E-state index in [2.05, 4.69) is 16.2 Å². The van der Waals surface area contributed by atoms with Crippen LogP contribution in [0.2, 0.25) is 0 Å². The predicted molar refractivity (Wildman–Crippen MR) is 91.2 cm³/mol. The fourth-order valence-corrected chi connectivity index (χ4v) is 2.16. The molecule has 0 heterocycles. The molecule has 2 rings (SSSR count). The van der Waals surface area contributed by atoms with Gasteiger partial charge in [-0.25, -0.2) is 0 Å². The van der Waals surface area contributed by atoms with Gasteiger partial charge >= 0.3 is 0 Å². The number of carbonyl (C=O) groups excluding carboxylic acids is 3. The standard InChI is InChI=1S/C18H19N3O3/c1-12-5-3-4-6-16(12)18(24)21-20-17(23)11-14-7-9-15(10-8-14)19-13(2)22/h3-10H,11H2,1-2H3,(H,19,22)(H,20,23)(H,21,24). The second kappa shape index (κ2) is 7.92. The van der Waals surface area contributed by atoms with E-state index in [1.54, 1.807) is 36.4 Å². The van der Waals surface area contributed by atoms with E-state index in [1.165, 1.54) is 6.92 Å². The highest BCUT2D eigenvalue weighted by atomic mass is 16.2. The van der Waals surface area contributed by atoms with E-state index in [1.807, 2.05) is 19.1 Å². The smallest absolute Gasteiger partial charge is 0.269 e. The first kappa shape index (κ1) is 17.2. The van der Waals surface area contributed by atoms with Gasteiger partial charge in [0.2, 0.25) is 11.8 Å². The number of anilines is 1. The minimum absolute atomic E-state index is 0.119. The molecule has 0 saturated heterocycles. The molecule has 3 N–H and O–H groups in total. The summed E-state index contributed by atoms with van der Waals surface area (Å²) in [6.07, 6.45) is 0.119. The third kappa shape index (κ3) is 4.95. The highest BCUT2D eigenvalue weighted by molar-refractivity contribution is 5.96. The van der Waals surface area contributed by atoms with Crippen LogP contribution in [-0.2, 0) is 16.0 Å². The van der Waals surface area contributed by atoms with Gasteiger partial charge in [-0.1, -0.05) is 30.3 Å². The Bertz CT molecular complexity index is 754. The molecule has 0 aliphatic carbocycles. The van der Waals surface area contributed by atoms with Crippen LogP contribution in [0.5, 0.6) is 0 Å². The van der Waals surface area contributed by atoms with Crippen LogP contribution in [0.4, 0.5) is 5.69 Å².